The second-order valence-corrected chi connectivity index (χ2v) is 11.9. The van der Waals surface area contributed by atoms with Crippen LogP contribution in [0.3, 0.4) is 0 Å². The average molecular weight is 357 g/mol. The van der Waals surface area contributed by atoms with Gasteiger partial charge < -0.3 is 9.16 Å². The lowest BCUT2D eigenvalue weighted by molar-refractivity contribution is -0.142. The number of ether oxygens (including phenoxy) is 1. The van der Waals surface area contributed by atoms with Gasteiger partial charge in [0.15, 0.2) is 0 Å². The van der Waals surface area contributed by atoms with Crippen LogP contribution in [0.15, 0.2) is 12.2 Å². The first-order valence-electron chi connectivity index (χ1n) is 9.02. The first kappa shape index (κ1) is 22.9. The zero-order valence-corrected chi connectivity index (χ0v) is 17.6. The first-order chi connectivity index (χ1) is 11.0. The van der Waals surface area contributed by atoms with Crippen LogP contribution >= 0.6 is 0 Å². The summed E-state index contributed by atoms with van der Waals surface area (Å²) in [5, 5.41) is 0. The van der Waals surface area contributed by atoms with E-state index in [1.165, 1.54) is 0 Å². The summed E-state index contributed by atoms with van der Waals surface area (Å²) in [5.41, 5.74) is 0.339. The summed E-state index contributed by atoms with van der Waals surface area (Å²) in [4.78, 5) is 23.7. The Morgan fingerprint density at radius 3 is 1.67 bits per heavy atom. The van der Waals surface area contributed by atoms with Crippen molar-refractivity contribution in [1.29, 1.82) is 0 Å². The lowest BCUT2D eigenvalue weighted by Crippen LogP contribution is -2.44. The van der Waals surface area contributed by atoms with Crippen LogP contribution in [0.2, 0.25) is 18.1 Å². The number of rotatable bonds is 11. The molecule has 0 atom stereocenters. The standard InChI is InChI=1S/C19H36O4Si/c1-14(2)11-24(12-15(3)4,13-16(5)6)23-18(20)9-10-22-19(21)17(7)8/h14-16H,7,9-13H2,1-6,8H3. The second kappa shape index (κ2) is 10.7. The number of carbonyl (C=O) groups excluding carboxylic acids is 2. The van der Waals surface area contributed by atoms with E-state index in [2.05, 4.69) is 48.1 Å². The van der Waals surface area contributed by atoms with E-state index < -0.39 is 14.3 Å². The Balaban J connectivity index is 4.90. The van der Waals surface area contributed by atoms with Crippen LogP contribution in [0, 0.1) is 17.8 Å². The third-order valence-corrected chi connectivity index (χ3v) is 8.90. The normalized spacial score (nSPS) is 11.9. The molecule has 0 fully saturated rings. The van der Waals surface area contributed by atoms with Gasteiger partial charge >= 0.3 is 5.97 Å². The van der Waals surface area contributed by atoms with Gasteiger partial charge in [0, 0.05) is 5.57 Å². The fraction of sp³-hybridized carbons (Fsp3) is 0.789. The molecule has 0 aliphatic rings. The summed E-state index contributed by atoms with van der Waals surface area (Å²) in [6.07, 6.45) is 0.113. The highest BCUT2D eigenvalue weighted by Gasteiger charge is 2.40. The molecule has 0 aromatic carbocycles. The molecule has 0 radical (unpaired) electrons. The minimum absolute atomic E-state index is 0.0556. The van der Waals surface area contributed by atoms with Crippen LogP contribution in [0.25, 0.3) is 0 Å². The van der Waals surface area contributed by atoms with Gasteiger partial charge in [-0.25, -0.2) is 4.79 Å². The van der Waals surface area contributed by atoms with E-state index in [-0.39, 0.29) is 19.0 Å². The molecular formula is C19H36O4Si. The van der Waals surface area contributed by atoms with Crippen molar-refractivity contribution in [3.63, 3.8) is 0 Å². The van der Waals surface area contributed by atoms with Gasteiger partial charge in [-0.2, -0.15) is 0 Å². The summed E-state index contributed by atoms with van der Waals surface area (Å²) in [6.45, 7) is 18.3. The Kier molecular flexibility index (Phi) is 10.2. The minimum Gasteiger partial charge on any atom is -0.519 e. The summed E-state index contributed by atoms with van der Waals surface area (Å²) in [6, 6.07) is 2.96. The summed E-state index contributed by atoms with van der Waals surface area (Å²) in [7, 11) is -2.15. The van der Waals surface area contributed by atoms with Crippen molar-refractivity contribution in [1.82, 2.24) is 0 Å². The maximum atomic E-state index is 12.4. The highest BCUT2D eigenvalue weighted by Crippen LogP contribution is 2.33. The molecule has 4 nitrogen and oxygen atoms in total. The molecule has 0 aliphatic heterocycles. The van der Waals surface area contributed by atoms with Crippen molar-refractivity contribution in [2.45, 2.75) is 73.0 Å². The first-order valence-corrected chi connectivity index (χ1v) is 11.5. The van der Waals surface area contributed by atoms with Crippen LogP contribution in [0.5, 0.6) is 0 Å². The van der Waals surface area contributed by atoms with E-state index in [9.17, 15) is 9.59 Å². The van der Waals surface area contributed by atoms with Gasteiger partial charge in [-0.05, 0) is 42.8 Å². The molecule has 0 spiro atoms. The molecule has 0 unspecified atom stereocenters. The number of hydrogen-bond donors (Lipinski definition) is 0. The molecule has 0 heterocycles. The third kappa shape index (κ3) is 9.91. The molecule has 0 saturated carbocycles. The molecule has 0 saturated heterocycles. The average Bonchev–Trinajstić information content (AvgIpc) is 2.34. The van der Waals surface area contributed by atoms with Crippen molar-refractivity contribution >= 4 is 20.3 Å². The Bertz CT molecular complexity index is 401. The smallest absolute Gasteiger partial charge is 0.333 e. The predicted molar refractivity (Wildman–Crippen MR) is 101 cm³/mol. The Morgan fingerprint density at radius 2 is 1.33 bits per heavy atom. The largest absolute Gasteiger partial charge is 0.519 e. The van der Waals surface area contributed by atoms with E-state index in [0.29, 0.717) is 23.3 Å². The fourth-order valence-corrected chi connectivity index (χ4v) is 9.05. The number of esters is 1. The van der Waals surface area contributed by atoms with Crippen molar-refractivity contribution < 1.29 is 18.8 Å². The van der Waals surface area contributed by atoms with E-state index in [4.69, 9.17) is 9.16 Å². The lowest BCUT2D eigenvalue weighted by Gasteiger charge is -2.35. The predicted octanol–water partition coefficient (Wildman–Crippen LogP) is 4.95. The quantitative estimate of drug-likeness (QED) is 0.298. The van der Waals surface area contributed by atoms with Crippen molar-refractivity contribution in [3.05, 3.63) is 12.2 Å². The zero-order chi connectivity index (χ0) is 18.9. The van der Waals surface area contributed by atoms with Crippen LogP contribution in [-0.2, 0) is 18.8 Å². The maximum Gasteiger partial charge on any atom is 0.333 e. The Labute approximate surface area is 149 Å². The van der Waals surface area contributed by atoms with Gasteiger partial charge in [-0.1, -0.05) is 48.1 Å². The van der Waals surface area contributed by atoms with Crippen LogP contribution < -0.4 is 0 Å². The van der Waals surface area contributed by atoms with E-state index >= 15 is 0 Å². The SMILES string of the molecule is C=C(C)C(=O)OCCC(=O)O[Si](CC(C)C)(CC(C)C)CC(C)C. The monoisotopic (exact) mass is 356 g/mol. The van der Waals surface area contributed by atoms with Gasteiger partial charge in [0.2, 0.25) is 0 Å². The van der Waals surface area contributed by atoms with Crippen LogP contribution in [0.1, 0.15) is 54.9 Å². The Hall–Kier alpha value is -1.10. The molecule has 24 heavy (non-hydrogen) atoms. The highest BCUT2D eigenvalue weighted by molar-refractivity contribution is 6.75. The van der Waals surface area contributed by atoms with Crippen LogP contribution in [-0.4, -0.2) is 26.9 Å². The molecular weight excluding hydrogens is 320 g/mol. The molecule has 140 valence electrons. The summed E-state index contributed by atoms with van der Waals surface area (Å²) >= 11 is 0. The third-order valence-electron chi connectivity index (χ3n) is 3.56. The molecule has 0 N–H and O–H groups in total. The Morgan fingerprint density at radius 1 is 0.917 bits per heavy atom. The van der Waals surface area contributed by atoms with Gasteiger partial charge in [0.1, 0.15) is 6.61 Å². The van der Waals surface area contributed by atoms with Gasteiger partial charge in [-0.3, -0.25) is 4.79 Å². The maximum absolute atomic E-state index is 12.4. The number of carbonyl (C=O) groups is 2. The molecule has 0 bridgehead atoms. The summed E-state index contributed by atoms with van der Waals surface area (Å²) < 4.78 is 11.1. The van der Waals surface area contributed by atoms with Crippen LogP contribution in [0.4, 0.5) is 0 Å². The fourth-order valence-electron chi connectivity index (χ4n) is 3.25. The molecule has 0 aromatic rings. The lowest BCUT2D eigenvalue weighted by atomic mass is 10.2. The molecule has 0 amide bonds. The minimum atomic E-state index is -2.15. The zero-order valence-electron chi connectivity index (χ0n) is 16.6. The van der Waals surface area contributed by atoms with Gasteiger partial charge in [0.25, 0.3) is 14.3 Å². The van der Waals surface area contributed by atoms with E-state index in [0.717, 1.165) is 18.1 Å². The molecule has 5 heteroatoms. The van der Waals surface area contributed by atoms with Gasteiger partial charge in [-0.15, -0.1) is 0 Å². The topological polar surface area (TPSA) is 52.6 Å². The van der Waals surface area contributed by atoms with Crippen molar-refractivity contribution in [2.75, 3.05) is 6.61 Å². The molecule has 0 rings (SSSR count). The van der Waals surface area contributed by atoms with Crippen molar-refractivity contribution in [2.24, 2.45) is 17.8 Å². The van der Waals surface area contributed by atoms with E-state index in [1.54, 1.807) is 6.92 Å². The number of hydrogen-bond acceptors (Lipinski definition) is 4. The molecule has 0 aromatic heterocycles. The van der Waals surface area contributed by atoms with E-state index in [1.807, 2.05) is 0 Å². The second-order valence-electron chi connectivity index (χ2n) is 8.12. The van der Waals surface area contributed by atoms with Gasteiger partial charge in [0.05, 0.1) is 6.42 Å². The molecule has 0 aliphatic carbocycles. The highest BCUT2D eigenvalue weighted by atomic mass is 28.4. The van der Waals surface area contributed by atoms with Crippen molar-refractivity contribution in [3.8, 4) is 0 Å². The summed E-state index contributed by atoms with van der Waals surface area (Å²) in [5.74, 6) is 0.811.